The molecule has 0 fully saturated rings. The number of aromatic amines is 1. The number of carbonyl (C=O) groups is 1. The third kappa shape index (κ3) is 1.51. The van der Waals surface area contributed by atoms with Crippen molar-refractivity contribution in [2.75, 3.05) is 0 Å². The average Bonchev–Trinajstić information content (AvgIpc) is 2.50. The minimum Gasteiger partial charge on any atom is -0.327 e. The van der Waals surface area contributed by atoms with Crippen molar-refractivity contribution in [3.63, 3.8) is 0 Å². The summed E-state index contributed by atoms with van der Waals surface area (Å²) in [5, 5.41) is 8.63. The van der Waals surface area contributed by atoms with Gasteiger partial charge in [-0.25, -0.2) is 0 Å². The molecule has 2 N–H and O–H groups in total. The van der Waals surface area contributed by atoms with Crippen molar-refractivity contribution in [2.45, 2.75) is 12.6 Å². The summed E-state index contributed by atoms with van der Waals surface area (Å²) in [4.78, 5) is 11.3. The second-order valence-electron chi connectivity index (χ2n) is 2.79. The molecule has 1 aliphatic heterocycles. The van der Waals surface area contributed by atoms with Crippen LogP contribution in [0.1, 0.15) is 16.1 Å². The first-order chi connectivity index (χ1) is 6.66. The van der Waals surface area contributed by atoms with Gasteiger partial charge in [-0.2, -0.15) is 13.5 Å². The maximum absolute atomic E-state index is 11.3. The van der Waals surface area contributed by atoms with E-state index in [1.807, 2.05) is 0 Å². The molecule has 1 aliphatic rings. The molecule has 1 amide bonds. The molecule has 0 saturated heterocycles. The molecule has 74 valence electrons. The van der Waals surface area contributed by atoms with Crippen LogP contribution in [0.2, 0.25) is 0 Å². The monoisotopic (exact) mass is 214 g/mol. The number of carbonyl (C=O) groups excluding carboxylic acids is 1. The number of nitrogens with zero attached hydrogens (tertiary/aromatic N) is 2. The molecular weight excluding hydrogens is 208 g/mol. The summed E-state index contributed by atoms with van der Waals surface area (Å²) in [5.74, 6) is -0.386. The quantitative estimate of drug-likeness (QED) is 0.631. The van der Waals surface area contributed by atoms with Gasteiger partial charge in [0.15, 0.2) is 0 Å². The van der Waals surface area contributed by atoms with Crippen molar-refractivity contribution < 1.29 is 13.2 Å². The first-order valence-corrected chi connectivity index (χ1v) is 4.83. The van der Waals surface area contributed by atoms with Gasteiger partial charge in [-0.3, -0.25) is 9.89 Å². The fourth-order valence-corrected chi connectivity index (χ4v) is 1.65. The van der Waals surface area contributed by atoms with Gasteiger partial charge in [0.25, 0.3) is 5.91 Å². The van der Waals surface area contributed by atoms with Crippen molar-refractivity contribution in [3.05, 3.63) is 17.5 Å². The number of H-pyrrole nitrogens is 1. The first kappa shape index (κ1) is 8.88. The van der Waals surface area contributed by atoms with Crippen molar-refractivity contribution in [3.8, 4) is 0 Å². The summed E-state index contributed by atoms with van der Waals surface area (Å²) in [6, 6.07) is 0. The van der Waals surface area contributed by atoms with Gasteiger partial charge in [-0.15, -0.1) is 4.36 Å². The highest BCUT2D eigenvalue weighted by molar-refractivity contribution is 7.61. The Balaban J connectivity index is 2.35. The molecule has 2 heterocycles. The van der Waals surface area contributed by atoms with Crippen LogP contribution < -0.4 is 5.32 Å². The van der Waals surface area contributed by atoms with Gasteiger partial charge >= 0.3 is 10.5 Å². The smallest absolute Gasteiger partial charge is 0.313 e. The van der Waals surface area contributed by atoms with Crippen molar-refractivity contribution in [2.24, 2.45) is 4.36 Å². The molecule has 8 heteroatoms. The van der Waals surface area contributed by atoms with Gasteiger partial charge in [-0.1, -0.05) is 0 Å². The van der Waals surface area contributed by atoms with E-state index in [1.54, 1.807) is 0 Å². The minimum absolute atomic E-state index is 0.339. The molecule has 1 unspecified atom stereocenters. The molecule has 0 aliphatic carbocycles. The first-order valence-electron chi connectivity index (χ1n) is 3.80. The molecule has 2 rings (SSSR count). The van der Waals surface area contributed by atoms with E-state index in [0.717, 1.165) is 0 Å². The number of nitrogens with one attached hydrogen (secondary N) is 2. The lowest BCUT2D eigenvalue weighted by atomic mass is 10.1. The zero-order valence-electron chi connectivity index (χ0n) is 6.89. The number of hydrogen-bond acceptors (Lipinski definition) is 5. The van der Waals surface area contributed by atoms with Gasteiger partial charge in [0.2, 0.25) is 0 Å². The van der Waals surface area contributed by atoms with E-state index in [0.29, 0.717) is 17.7 Å². The number of rotatable bonds is 1. The molecular formula is C6H6N4O3S. The largest absolute Gasteiger partial charge is 0.327 e. The highest BCUT2D eigenvalue weighted by atomic mass is 32.2. The van der Waals surface area contributed by atoms with E-state index in [4.69, 9.17) is 0 Å². The zero-order valence-corrected chi connectivity index (χ0v) is 7.71. The highest BCUT2D eigenvalue weighted by Crippen LogP contribution is 2.13. The summed E-state index contributed by atoms with van der Waals surface area (Å²) in [7, 11) is -2.51. The molecule has 0 radical (unpaired) electrons. The molecule has 0 bridgehead atoms. The van der Waals surface area contributed by atoms with E-state index in [-0.39, 0.29) is 5.91 Å². The lowest BCUT2D eigenvalue weighted by Gasteiger charge is -2.17. The van der Waals surface area contributed by atoms with Crippen LogP contribution in [0.25, 0.3) is 0 Å². The molecule has 0 saturated carbocycles. The summed E-state index contributed by atoms with van der Waals surface area (Å²) >= 11 is 0. The van der Waals surface area contributed by atoms with Crippen LogP contribution in [-0.2, 0) is 16.9 Å². The van der Waals surface area contributed by atoms with E-state index in [2.05, 4.69) is 19.9 Å². The summed E-state index contributed by atoms with van der Waals surface area (Å²) < 4.78 is 23.9. The fourth-order valence-electron chi connectivity index (χ4n) is 1.31. The van der Waals surface area contributed by atoms with Gasteiger partial charge in [0.1, 0.15) is 11.9 Å². The molecule has 0 aromatic carbocycles. The van der Waals surface area contributed by atoms with Crippen LogP contribution in [0.15, 0.2) is 10.6 Å². The number of aromatic nitrogens is 2. The van der Waals surface area contributed by atoms with E-state index < -0.39 is 16.7 Å². The van der Waals surface area contributed by atoms with Gasteiger partial charge in [0.05, 0.1) is 6.20 Å². The topological polar surface area (TPSA) is 104 Å². The Labute approximate surface area is 80.2 Å². The fraction of sp³-hybridized carbons (Fsp3) is 0.333. The van der Waals surface area contributed by atoms with Crippen molar-refractivity contribution in [1.82, 2.24) is 15.5 Å². The third-order valence-electron chi connectivity index (χ3n) is 1.87. The second-order valence-corrected chi connectivity index (χ2v) is 3.43. The maximum atomic E-state index is 11.3. The Hall–Kier alpha value is -1.70. The van der Waals surface area contributed by atoms with Gasteiger partial charge in [0, 0.05) is 12.0 Å². The standard InChI is InChI=1S/C6H6N4O3S/c11-6-5-3(2-7-9-5)1-4(8-6)10-14(12)13/h2,4H,1H2,(H,7,9)(H,8,11). The predicted octanol–water partition coefficient (Wildman–Crippen LogP) is -0.916. The number of fused-ring (bicyclic) bond motifs is 1. The predicted molar refractivity (Wildman–Crippen MR) is 44.9 cm³/mol. The van der Waals surface area contributed by atoms with E-state index in [1.165, 1.54) is 6.20 Å². The molecule has 14 heavy (non-hydrogen) atoms. The minimum atomic E-state index is -2.51. The third-order valence-corrected chi connectivity index (χ3v) is 2.30. The Morgan fingerprint density at radius 2 is 2.36 bits per heavy atom. The number of amides is 1. The summed E-state index contributed by atoms with van der Waals surface area (Å²) in [5.41, 5.74) is 1.04. The lowest BCUT2D eigenvalue weighted by molar-refractivity contribution is 0.0922. The van der Waals surface area contributed by atoms with Gasteiger partial charge in [-0.05, 0) is 0 Å². The Kier molecular flexibility index (Phi) is 2.04. The van der Waals surface area contributed by atoms with Crippen LogP contribution in [0.4, 0.5) is 0 Å². The maximum Gasteiger partial charge on any atom is 0.313 e. The Morgan fingerprint density at radius 3 is 3.07 bits per heavy atom. The van der Waals surface area contributed by atoms with E-state index >= 15 is 0 Å². The lowest BCUT2D eigenvalue weighted by Crippen LogP contribution is -2.39. The average molecular weight is 214 g/mol. The van der Waals surface area contributed by atoms with E-state index in [9.17, 15) is 13.2 Å². The Morgan fingerprint density at radius 1 is 1.57 bits per heavy atom. The normalized spacial score (nSPS) is 19.7. The van der Waals surface area contributed by atoms with Crippen LogP contribution in [0, 0.1) is 0 Å². The summed E-state index contributed by atoms with van der Waals surface area (Å²) in [6.45, 7) is 0. The van der Waals surface area contributed by atoms with Crippen molar-refractivity contribution in [1.29, 1.82) is 0 Å². The van der Waals surface area contributed by atoms with Crippen LogP contribution >= 0.6 is 0 Å². The Bertz CT molecular complexity index is 495. The molecule has 1 atom stereocenters. The summed E-state index contributed by atoms with van der Waals surface area (Å²) in [6.07, 6.45) is 1.11. The van der Waals surface area contributed by atoms with Crippen LogP contribution in [0.3, 0.4) is 0 Å². The molecule has 0 spiro atoms. The highest BCUT2D eigenvalue weighted by Gasteiger charge is 2.25. The molecule has 1 aromatic rings. The SMILES string of the molecule is O=C1NC(N=S(=O)=O)Cc2cn[nH]c21. The molecule has 7 nitrogen and oxygen atoms in total. The van der Waals surface area contributed by atoms with Crippen LogP contribution in [-0.4, -0.2) is 30.7 Å². The molecule has 1 aromatic heterocycles. The van der Waals surface area contributed by atoms with Gasteiger partial charge < -0.3 is 5.32 Å². The van der Waals surface area contributed by atoms with Crippen molar-refractivity contribution >= 4 is 16.4 Å². The van der Waals surface area contributed by atoms with Crippen LogP contribution in [0.5, 0.6) is 0 Å². The second kappa shape index (κ2) is 3.22. The number of hydrogen-bond donors (Lipinski definition) is 2. The zero-order chi connectivity index (χ0) is 10.1.